The summed E-state index contributed by atoms with van der Waals surface area (Å²) in [7, 11) is 1.39. The summed E-state index contributed by atoms with van der Waals surface area (Å²) < 4.78 is 91.5. The number of aromatic nitrogens is 3. The highest BCUT2D eigenvalue weighted by Gasteiger charge is 2.39. The number of alkyl halides is 6. The van der Waals surface area contributed by atoms with Crippen LogP contribution >= 0.6 is 0 Å². The number of carbonyl (C=O) groups excluding carboxylic acids is 1. The lowest BCUT2D eigenvalue weighted by Crippen LogP contribution is -2.46. The number of fused-ring (bicyclic) bond motifs is 1. The van der Waals surface area contributed by atoms with Crippen LogP contribution in [0.25, 0.3) is 0 Å². The van der Waals surface area contributed by atoms with Gasteiger partial charge in [-0.25, -0.2) is 24.5 Å². The molecule has 2 atom stereocenters. The van der Waals surface area contributed by atoms with Crippen LogP contribution in [0.15, 0.2) is 36.5 Å². The quantitative estimate of drug-likeness (QED) is 0.269. The van der Waals surface area contributed by atoms with Gasteiger partial charge in [0.2, 0.25) is 5.88 Å². The SMILES string of the molecule is CCOC(=O)N1c2ccc(OC)nc2[C@@H](Nc2ncc(C(=O)O)nc2Cc2cc(C(F)(F)F)cc(C(F)(F)F)c2)C[C@H]1CC. The maximum atomic E-state index is 13.5. The minimum atomic E-state index is -5.08. The number of anilines is 2. The van der Waals surface area contributed by atoms with Crippen LogP contribution in [0.3, 0.4) is 0 Å². The average Bonchev–Trinajstić information content (AvgIpc) is 2.96. The Bertz CT molecular complexity index is 1520. The minimum absolute atomic E-state index is 0.000213. The van der Waals surface area contributed by atoms with E-state index in [4.69, 9.17) is 9.47 Å². The molecule has 0 aliphatic carbocycles. The molecule has 1 amide bonds. The number of ether oxygens (including phenoxy) is 2. The van der Waals surface area contributed by atoms with E-state index in [2.05, 4.69) is 20.3 Å². The van der Waals surface area contributed by atoms with E-state index >= 15 is 0 Å². The second-order valence-corrected chi connectivity index (χ2v) is 9.77. The standard InChI is InChI=1S/C28H27F6N5O5/c1-4-17-12-18(23-21(6-7-22(38-23)43-3)39(17)26(42)44-5-2)37-24-19(36-20(13-35-24)25(40)41)10-14-8-15(27(29,30)31)11-16(9-14)28(32,33)34/h6-9,11,13,17-18H,4-5,10,12H2,1-3H3,(H,35,37)(H,40,41)/t17-,18+/m1/s1. The molecule has 0 fully saturated rings. The zero-order valence-corrected chi connectivity index (χ0v) is 23.6. The van der Waals surface area contributed by atoms with Gasteiger partial charge in [0.25, 0.3) is 0 Å². The number of carboxylic acids is 1. The van der Waals surface area contributed by atoms with Crippen molar-refractivity contribution in [3.8, 4) is 5.88 Å². The Labute approximate surface area is 247 Å². The van der Waals surface area contributed by atoms with E-state index in [1.54, 1.807) is 19.1 Å². The van der Waals surface area contributed by atoms with Gasteiger partial charge in [-0.05, 0) is 49.6 Å². The highest BCUT2D eigenvalue weighted by molar-refractivity contribution is 5.90. The van der Waals surface area contributed by atoms with Gasteiger partial charge in [-0.3, -0.25) is 4.90 Å². The summed E-state index contributed by atoms with van der Waals surface area (Å²) in [5.74, 6) is -1.40. The fraction of sp³-hybridized carbons (Fsp3) is 0.393. The largest absolute Gasteiger partial charge is 0.481 e. The summed E-state index contributed by atoms with van der Waals surface area (Å²) in [6, 6.07) is 3.10. The van der Waals surface area contributed by atoms with E-state index in [1.165, 1.54) is 12.0 Å². The summed E-state index contributed by atoms with van der Waals surface area (Å²) in [5.41, 5.74) is -3.57. The molecule has 0 spiro atoms. The molecule has 1 aliphatic heterocycles. The molecule has 2 aromatic heterocycles. The summed E-state index contributed by atoms with van der Waals surface area (Å²) in [6.07, 6.45) is -9.78. The summed E-state index contributed by atoms with van der Waals surface area (Å²) in [6.45, 7) is 3.62. The van der Waals surface area contributed by atoms with Crippen molar-refractivity contribution >= 4 is 23.6 Å². The molecule has 0 radical (unpaired) electrons. The molecular formula is C28H27F6N5O5. The molecule has 2 N–H and O–H groups in total. The number of nitrogens with one attached hydrogen (secondary N) is 1. The Kier molecular flexibility index (Phi) is 9.20. The Hall–Kier alpha value is -4.63. The van der Waals surface area contributed by atoms with Gasteiger partial charge in [-0.2, -0.15) is 26.3 Å². The number of aromatic carboxylic acids is 1. The van der Waals surface area contributed by atoms with Crippen LogP contribution < -0.4 is 15.0 Å². The average molecular weight is 628 g/mol. The van der Waals surface area contributed by atoms with Crippen molar-refractivity contribution in [2.45, 2.75) is 57.5 Å². The zero-order chi connectivity index (χ0) is 32.4. The first-order valence-corrected chi connectivity index (χ1v) is 13.3. The first kappa shape index (κ1) is 32.3. The van der Waals surface area contributed by atoms with E-state index < -0.39 is 65.3 Å². The van der Waals surface area contributed by atoms with Crippen molar-refractivity contribution in [2.75, 3.05) is 23.9 Å². The van der Waals surface area contributed by atoms with Gasteiger partial charge in [0, 0.05) is 18.5 Å². The van der Waals surface area contributed by atoms with Crippen LogP contribution in [0.2, 0.25) is 0 Å². The lowest BCUT2D eigenvalue weighted by molar-refractivity contribution is -0.143. The van der Waals surface area contributed by atoms with E-state index in [9.17, 15) is 41.0 Å². The van der Waals surface area contributed by atoms with Crippen molar-refractivity contribution in [1.82, 2.24) is 15.0 Å². The second kappa shape index (κ2) is 12.5. The molecule has 0 bridgehead atoms. The first-order chi connectivity index (χ1) is 20.7. The number of nitrogens with zero attached hydrogens (tertiary/aromatic N) is 4. The normalized spacial score (nSPS) is 16.7. The number of halogens is 6. The zero-order valence-electron chi connectivity index (χ0n) is 23.6. The summed E-state index contributed by atoms with van der Waals surface area (Å²) in [4.78, 5) is 38.6. The van der Waals surface area contributed by atoms with Gasteiger partial charge in [0.05, 0.1) is 54.2 Å². The molecule has 0 saturated carbocycles. The van der Waals surface area contributed by atoms with Crippen LogP contribution in [0.4, 0.5) is 42.6 Å². The Morgan fingerprint density at radius 3 is 2.25 bits per heavy atom. The van der Waals surface area contributed by atoms with Crippen molar-refractivity contribution in [3.63, 3.8) is 0 Å². The number of hydrogen-bond donors (Lipinski definition) is 2. The van der Waals surface area contributed by atoms with E-state index in [1.807, 2.05) is 6.92 Å². The van der Waals surface area contributed by atoms with Gasteiger partial charge in [-0.15, -0.1) is 0 Å². The van der Waals surface area contributed by atoms with Crippen LogP contribution in [0, 0.1) is 0 Å². The number of amides is 1. The van der Waals surface area contributed by atoms with Crippen LogP contribution in [0.1, 0.15) is 71.3 Å². The molecule has 4 rings (SSSR count). The molecule has 3 aromatic rings. The summed E-state index contributed by atoms with van der Waals surface area (Å²) >= 11 is 0. The lowest BCUT2D eigenvalue weighted by Gasteiger charge is -2.39. The third-order valence-corrected chi connectivity index (χ3v) is 6.88. The molecule has 3 heterocycles. The first-order valence-electron chi connectivity index (χ1n) is 13.3. The summed E-state index contributed by atoms with van der Waals surface area (Å²) in [5, 5.41) is 12.6. The monoisotopic (exact) mass is 627 g/mol. The van der Waals surface area contributed by atoms with Crippen LogP contribution in [-0.4, -0.2) is 51.9 Å². The number of carbonyl (C=O) groups is 2. The molecule has 0 saturated heterocycles. The molecule has 0 unspecified atom stereocenters. The predicted octanol–water partition coefficient (Wildman–Crippen LogP) is 6.51. The minimum Gasteiger partial charge on any atom is -0.481 e. The number of methoxy groups -OCH3 is 1. The number of hydrogen-bond acceptors (Lipinski definition) is 8. The fourth-order valence-electron chi connectivity index (χ4n) is 4.88. The number of carboxylic acid groups (broad SMARTS) is 1. The predicted molar refractivity (Wildman–Crippen MR) is 144 cm³/mol. The number of rotatable bonds is 8. The van der Waals surface area contributed by atoms with Gasteiger partial charge < -0.3 is 19.9 Å². The van der Waals surface area contributed by atoms with Gasteiger partial charge in [0.1, 0.15) is 5.82 Å². The maximum absolute atomic E-state index is 13.5. The number of pyridine rings is 1. The van der Waals surface area contributed by atoms with Crippen LogP contribution in [0.5, 0.6) is 5.88 Å². The fourth-order valence-corrected chi connectivity index (χ4v) is 4.88. The molecule has 44 heavy (non-hydrogen) atoms. The Morgan fingerprint density at radius 1 is 1.05 bits per heavy atom. The highest BCUT2D eigenvalue weighted by Crippen LogP contribution is 2.41. The molecule has 1 aromatic carbocycles. The smallest absolute Gasteiger partial charge is 0.416 e. The maximum Gasteiger partial charge on any atom is 0.416 e. The third kappa shape index (κ3) is 6.94. The van der Waals surface area contributed by atoms with Crippen molar-refractivity contribution in [1.29, 1.82) is 0 Å². The van der Waals surface area contributed by atoms with Crippen molar-refractivity contribution in [2.24, 2.45) is 0 Å². The second-order valence-electron chi connectivity index (χ2n) is 9.77. The molecule has 10 nitrogen and oxygen atoms in total. The van der Waals surface area contributed by atoms with Crippen LogP contribution in [-0.2, 0) is 23.5 Å². The van der Waals surface area contributed by atoms with Crippen molar-refractivity contribution in [3.05, 3.63) is 70.3 Å². The lowest BCUT2D eigenvalue weighted by atomic mass is 9.93. The van der Waals surface area contributed by atoms with E-state index in [-0.39, 0.29) is 36.5 Å². The molecule has 16 heteroatoms. The topological polar surface area (TPSA) is 127 Å². The number of benzene rings is 1. The Morgan fingerprint density at radius 2 is 1.70 bits per heavy atom. The molecular weight excluding hydrogens is 600 g/mol. The Balaban J connectivity index is 1.81. The van der Waals surface area contributed by atoms with Gasteiger partial charge in [-0.1, -0.05) is 6.92 Å². The van der Waals surface area contributed by atoms with E-state index in [0.717, 1.165) is 6.20 Å². The van der Waals surface area contributed by atoms with Gasteiger partial charge in [0.15, 0.2) is 5.69 Å². The molecule has 1 aliphatic rings. The highest BCUT2D eigenvalue weighted by atomic mass is 19.4. The third-order valence-electron chi connectivity index (χ3n) is 6.88. The molecule has 236 valence electrons. The van der Waals surface area contributed by atoms with Crippen molar-refractivity contribution < 1.29 is 50.5 Å². The van der Waals surface area contributed by atoms with Gasteiger partial charge >= 0.3 is 24.4 Å². The van der Waals surface area contributed by atoms with E-state index in [0.29, 0.717) is 29.9 Å².